The quantitative estimate of drug-likeness (QED) is 0.735. The number of rotatable bonds is 7. The van der Waals surface area contributed by atoms with Crippen LogP contribution in [0.1, 0.15) is 53.5 Å². The average molecular weight is 413 g/mol. The molecule has 2 heterocycles. The van der Waals surface area contributed by atoms with Crippen LogP contribution in [0.15, 0.2) is 35.7 Å². The number of hydrogen-bond acceptors (Lipinski definition) is 3. The van der Waals surface area contributed by atoms with Gasteiger partial charge in [-0.2, -0.15) is 0 Å². The van der Waals surface area contributed by atoms with Gasteiger partial charge in [0.1, 0.15) is 6.04 Å². The maximum Gasteiger partial charge on any atom is 0.279 e. The lowest BCUT2D eigenvalue weighted by molar-refractivity contribution is -0.928. The second kappa shape index (κ2) is 8.67. The zero-order valence-corrected chi connectivity index (χ0v) is 18.1. The number of nitrogens with zero attached hydrogens (tertiary/aromatic N) is 1. The van der Waals surface area contributed by atoms with Gasteiger partial charge >= 0.3 is 0 Å². The van der Waals surface area contributed by atoms with Gasteiger partial charge in [0.05, 0.1) is 6.54 Å². The number of anilines is 1. The van der Waals surface area contributed by atoms with Crippen molar-refractivity contribution in [2.75, 3.05) is 31.5 Å². The summed E-state index contributed by atoms with van der Waals surface area (Å²) in [5, 5.41) is 5.23. The van der Waals surface area contributed by atoms with Crippen LogP contribution in [0.2, 0.25) is 0 Å². The van der Waals surface area contributed by atoms with Gasteiger partial charge in [0.15, 0.2) is 6.54 Å². The van der Waals surface area contributed by atoms with E-state index in [1.54, 1.807) is 17.0 Å². The van der Waals surface area contributed by atoms with E-state index >= 15 is 0 Å². The minimum absolute atomic E-state index is 0.0319. The molecule has 1 aromatic carbocycles. The van der Waals surface area contributed by atoms with Gasteiger partial charge in [0.2, 0.25) is 0 Å². The normalized spacial score (nSPS) is 20.8. The van der Waals surface area contributed by atoms with Crippen LogP contribution in [0.4, 0.5) is 5.69 Å². The Bertz CT molecular complexity index is 869. The molecule has 0 saturated heterocycles. The Morgan fingerprint density at radius 3 is 2.52 bits per heavy atom. The van der Waals surface area contributed by atoms with Crippen molar-refractivity contribution in [1.29, 1.82) is 0 Å². The van der Waals surface area contributed by atoms with Gasteiger partial charge in [-0.05, 0) is 62.4 Å². The third kappa shape index (κ3) is 4.38. The molecule has 1 fully saturated rings. The van der Waals surface area contributed by atoms with Crippen LogP contribution in [0.3, 0.4) is 0 Å². The molecule has 0 radical (unpaired) electrons. The summed E-state index contributed by atoms with van der Waals surface area (Å²) in [5.41, 5.74) is 2.89. The smallest absolute Gasteiger partial charge is 0.279 e. The summed E-state index contributed by atoms with van der Waals surface area (Å²) in [6.07, 6.45) is 3.64. The van der Waals surface area contributed by atoms with E-state index in [1.165, 1.54) is 28.2 Å². The molecule has 2 amide bonds. The summed E-state index contributed by atoms with van der Waals surface area (Å²) >= 11 is 1.86. The Hall–Kier alpha value is -2.18. The monoisotopic (exact) mass is 412 g/mol. The van der Waals surface area contributed by atoms with Crippen molar-refractivity contribution in [2.45, 2.75) is 39.2 Å². The topological polar surface area (TPSA) is 53.9 Å². The highest BCUT2D eigenvalue weighted by Gasteiger charge is 2.43. The number of benzene rings is 1. The van der Waals surface area contributed by atoms with Crippen LogP contribution in [-0.2, 0) is 11.2 Å². The number of quaternary nitrogens is 1. The van der Waals surface area contributed by atoms with Crippen molar-refractivity contribution in [1.82, 2.24) is 4.90 Å². The summed E-state index contributed by atoms with van der Waals surface area (Å²) in [4.78, 5) is 29.9. The van der Waals surface area contributed by atoms with Crippen LogP contribution in [0.5, 0.6) is 0 Å². The SMILES string of the molecule is CCN(CC)C(=O)c1ccc(NC(=O)C[NH+]2CCc3sccc3[C@H]2C2CC2)cc1. The molecule has 29 heavy (non-hydrogen) atoms. The minimum Gasteiger partial charge on any atom is -0.339 e. The summed E-state index contributed by atoms with van der Waals surface area (Å²) in [5.74, 6) is 0.813. The molecular formula is C23H30N3O2S+. The molecule has 2 aromatic rings. The molecule has 2 N–H and O–H groups in total. The highest BCUT2D eigenvalue weighted by molar-refractivity contribution is 7.10. The Kier molecular flexibility index (Phi) is 6.01. The number of carbonyl (C=O) groups is 2. The van der Waals surface area contributed by atoms with Gasteiger partial charge in [0, 0.05) is 47.1 Å². The molecule has 4 rings (SSSR count). The maximum absolute atomic E-state index is 12.7. The largest absolute Gasteiger partial charge is 0.339 e. The molecule has 1 aliphatic carbocycles. The van der Waals surface area contributed by atoms with E-state index in [0.29, 0.717) is 31.2 Å². The highest BCUT2D eigenvalue weighted by Crippen LogP contribution is 2.42. The number of thiophene rings is 1. The molecule has 1 unspecified atom stereocenters. The fourth-order valence-corrected chi connectivity index (χ4v) is 5.43. The molecule has 154 valence electrons. The van der Waals surface area contributed by atoms with Crippen molar-refractivity contribution in [2.24, 2.45) is 5.92 Å². The van der Waals surface area contributed by atoms with Crippen LogP contribution in [0, 0.1) is 5.92 Å². The first-order valence-electron chi connectivity index (χ1n) is 10.7. The van der Waals surface area contributed by atoms with Crippen molar-refractivity contribution < 1.29 is 14.5 Å². The summed E-state index contributed by atoms with van der Waals surface area (Å²) < 4.78 is 0. The third-order valence-electron chi connectivity index (χ3n) is 6.18. The molecule has 1 aromatic heterocycles. The van der Waals surface area contributed by atoms with Crippen molar-refractivity contribution in [3.63, 3.8) is 0 Å². The van der Waals surface area contributed by atoms with E-state index < -0.39 is 0 Å². The molecular weight excluding hydrogens is 382 g/mol. The zero-order valence-electron chi connectivity index (χ0n) is 17.2. The minimum atomic E-state index is 0.0319. The van der Waals surface area contributed by atoms with Gasteiger partial charge in [-0.1, -0.05) is 0 Å². The second-order valence-electron chi connectivity index (χ2n) is 8.05. The first-order chi connectivity index (χ1) is 14.1. The summed E-state index contributed by atoms with van der Waals surface area (Å²) in [7, 11) is 0. The summed E-state index contributed by atoms with van der Waals surface area (Å²) in [6, 6.07) is 10.0. The van der Waals surface area contributed by atoms with Crippen molar-refractivity contribution >= 4 is 28.8 Å². The fraction of sp³-hybridized carbons (Fsp3) is 0.478. The Balaban J connectivity index is 1.38. The highest BCUT2D eigenvalue weighted by atomic mass is 32.1. The Morgan fingerprint density at radius 2 is 1.86 bits per heavy atom. The molecule has 2 aliphatic rings. The molecule has 0 spiro atoms. The Morgan fingerprint density at radius 1 is 1.14 bits per heavy atom. The first-order valence-corrected chi connectivity index (χ1v) is 11.6. The Labute approximate surface area is 176 Å². The van der Waals surface area contributed by atoms with Gasteiger partial charge in [0.25, 0.3) is 11.8 Å². The predicted molar refractivity (Wildman–Crippen MR) is 117 cm³/mol. The third-order valence-corrected chi connectivity index (χ3v) is 7.17. The van der Waals surface area contributed by atoms with E-state index in [4.69, 9.17) is 0 Å². The molecule has 6 heteroatoms. The van der Waals surface area contributed by atoms with Gasteiger partial charge in [-0.3, -0.25) is 9.59 Å². The predicted octanol–water partition coefficient (Wildman–Crippen LogP) is 2.76. The van der Waals surface area contributed by atoms with E-state index in [0.717, 1.165) is 24.6 Å². The van der Waals surface area contributed by atoms with E-state index in [2.05, 4.69) is 16.8 Å². The molecule has 1 aliphatic heterocycles. The van der Waals surface area contributed by atoms with E-state index in [9.17, 15) is 9.59 Å². The average Bonchev–Trinajstić information content (AvgIpc) is 3.45. The second-order valence-corrected chi connectivity index (χ2v) is 9.05. The van der Waals surface area contributed by atoms with Gasteiger partial charge in [-0.25, -0.2) is 0 Å². The maximum atomic E-state index is 12.7. The standard InChI is InChI=1S/C23H29N3O2S/c1-3-25(4-2)23(28)17-7-9-18(10-8-17)24-21(27)15-26-13-11-20-19(12-14-29-20)22(26)16-5-6-16/h7-10,12,14,16,22H,3-6,11,13,15H2,1-2H3,(H,24,27)/p+1/t22-/m1/s1. The lowest BCUT2D eigenvalue weighted by Crippen LogP contribution is -3.14. The van der Waals surface area contributed by atoms with Crippen LogP contribution >= 0.6 is 11.3 Å². The summed E-state index contributed by atoms with van der Waals surface area (Å²) in [6.45, 7) is 6.87. The number of nitrogens with one attached hydrogen (secondary N) is 2. The number of amides is 2. The number of fused-ring (bicyclic) bond motifs is 1. The first kappa shape index (κ1) is 20.1. The zero-order chi connectivity index (χ0) is 20.4. The lowest BCUT2D eigenvalue weighted by atomic mass is 9.96. The molecule has 0 bridgehead atoms. The lowest BCUT2D eigenvalue weighted by Gasteiger charge is -2.32. The fourth-order valence-electron chi connectivity index (χ4n) is 4.50. The van der Waals surface area contributed by atoms with Crippen molar-refractivity contribution in [3.8, 4) is 0 Å². The van der Waals surface area contributed by atoms with Crippen LogP contribution in [0.25, 0.3) is 0 Å². The molecule has 2 atom stereocenters. The van der Waals surface area contributed by atoms with Gasteiger partial charge in [-0.15, -0.1) is 11.3 Å². The molecule has 1 saturated carbocycles. The van der Waals surface area contributed by atoms with Crippen LogP contribution < -0.4 is 10.2 Å². The van der Waals surface area contributed by atoms with E-state index in [-0.39, 0.29) is 11.8 Å². The number of hydrogen-bond donors (Lipinski definition) is 2. The van der Waals surface area contributed by atoms with Gasteiger partial charge < -0.3 is 15.1 Å². The number of carbonyl (C=O) groups excluding carboxylic acids is 2. The molecule has 5 nitrogen and oxygen atoms in total. The van der Waals surface area contributed by atoms with E-state index in [1.807, 2.05) is 37.3 Å². The van der Waals surface area contributed by atoms with Crippen molar-refractivity contribution in [3.05, 3.63) is 51.7 Å². The van der Waals surface area contributed by atoms with Crippen LogP contribution in [-0.4, -0.2) is 42.9 Å².